The molecule has 104 valence electrons. The number of carbonyl (C=O) groups is 2. The van der Waals surface area contributed by atoms with Gasteiger partial charge in [-0.15, -0.1) is 0 Å². The molecule has 1 rings (SSSR count). The highest BCUT2D eigenvalue weighted by Gasteiger charge is 2.20. The molecule has 1 fully saturated rings. The molecule has 1 atom stereocenters. The topological polar surface area (TPSA) is 64.6 Å². The van der Waals surface area contributed by atoms with E-state index in [0.717, 1.165) is 6.42 Å². The summed E-state index contributed by atoms with van der Waals surface area (Å²) in [4.78, 5) is 22.8. The number of carbonyl (C=O) groups excluding carboxylic acids is 2. The molecular formula is C13H23NO4. The van der Waals surface area contributed by atoms with Gasteiger partial charge in [-0.3, -0.25) is 4.79 Å². The first-order valence-electron chi connectivity index (χ1n) is 6.54. The summed E-state index contributed by atoms with van der Waals surface area (Å²) in [6.45, 7) is 0.173. The fraction of sp³-hybridized carbons (Fsp3) is 0.846. The predicted molar refractivity (Wildman–Crippen MR) is 67.0 cm³/mol. The number of ether oxygens (including phenoxy) is 2. The lowest BCUT2D eigenvalue weighted by Gasteiger charge is -2.14. The number of methoxy groups -OCH3 is 2. The van der Waals surface area contributed by atoms with Crippen LogP contribution in [0, 0.1) is 5.92 Å². The van der Waals surface area contributed by atoms with E-state index in [1.807, 2.05) is 0 Å². The Morgan fingerprint density at radius 2 is 1.94 bits per heavy atom. The smallest absolute Gasteiger partial charge is 0.336 e. The van der Waals surface area contributed by atoms with Crippen molar-refractivity contribution in [2.24, 2.45) is 5.92 Å². The van der Waals surface area contributed by atoms with Crippen LogP contribution in [0.25, 0.3) is 0 Å². The second-order valence-corrected chi connectivity index (χ2v) is 4.74. The molecule has 0 heterocycles. The molecule has 0 bridgehead atoms. The van der Waals surface area contributed by atoms with Crippen molar-refractivity contribution in [1.82, 2.24) is 5.32 Å². The molecule has 0 aliphatic heterocycles. The lowest BCUT2D eigenvalue weighted by atomic mass is 10.0. The summed E-state index contributed by atoms with van der Waals surface area (Å²) in [6, 6.07) is 0. The maximum absolute atomic E-state index is 11.6. The molecule has 0 aromatic carbocycles. The fourth-order valence-corrected chi connectivity index (χ4v) is 2.32. The molecule has 1 aliphatic rings. The second kappa shape index (κ2) is 8.08. The van der Waals surface area contributed by atoms with Crippen LogP contribution in [0.5, 0.6) is 0 Å². The Labute approximate surface area is 108 Å². The van der Waals surface area contributed by atoms with E-state index in [9.17, 15) is 9.59 Å². The van der Waals surface area contributed by atoms with E-state index in [2.05, 4.69) is 10.1 Å². The third-order valence-electron chi connectivity index (χ3n) is 3.49. The molecule has 1 N–H and O–H groups in total. The highest BCUT2D eigenvalue weighted by atomic mass is 16.6. The van der Waals surface area contributed by atoms with Gasteiger partial charge in [-0.2, -0.15) is 0 Å². The van der Waals surface area contributed by atoms with Gasteiger partial charge in [-0.05, 0) is 12.3 Å². The van der Waals surface area contributed by atoms with Crippen LogP contribution < -0.4 is 5.32 Å². The van der Waals surface area contributed by atoms with Crippen molar-refractivity contribution in [3.63, 3.8) is 0 Å². The Bertz CT molecular complexity index is 274. The zero-order chi connectivity index (χ0) is 13.4. The minimum Gasteiger partial charge on any atom is -0.467 e. The van der Waals surface area contributed by atoms with E-state index in [0.29, 0.717) is 12.3 Å². The summed E-state index contributed by atoms with van der Waals surface area (Å²) < 4.78 is 9.50. The third kappa shape index (κ3) is 5.04. The number of esters is 1. The summed E-state index contributed by atoms with van der Waals surface area (Å²) in [5.41, 5.74) is 0. The fourth-order valence-electron chi connectivity index (χ4n) is 2.32. The third-order valence-corrected chi connectivity index (χ3v) is 3.49. The molecule has 1 amide bonds. The summed E-state index contributed by atoms with van der Waals surface area (Å²) >= 11 is 0. The number of nitrogens with one attached hydrogen (secondary N) is 1. The van der Waals surface area contributed by atoms with Crippen LogP contribution in [-0.2, 0) is 19.1 Å². The first kappa shape index (κ1) is 15.0. The normalized spacial score (nSPS) is 17.4. The van der Waals surface area contributed by atoms with Gasteiger partial charge in [-0.1, -0.05) is 25.7 Å². The monoisotopic (exact) mass is 257 g/mol. The molecule has 5 heteroatoms. The average molecular weight is 257 g/mol. The Morgan fingerprint density at radius 1 is 1.28 bits per heavy atom. The van der Waals surface area contributed by atoms with Gasteiger partial charge in [0.2, 0.25) is 5.91 Å². The quantitative estimate of drug-likeness (QED) is 0.697. The van der Waals surface area contributed by atoms with Crippen LogP contribution in [-0.4, -0.2) is 38.7 Å². The van der Waals surface area contributed by atoms with Crippen molar-refractivity contribution in [2.75, 3.05) is 20.8 Å². The molecule has 18 heavy (non-hydrogen) atoms. The lowest BCUT2D eigenvalue weighted by molar-refractivity contribution is -0.152. The van der Waals surface area contributed by atoms with Gasteiger partial charge in [0, 0.05) is 13.5 Å². The van der Waals surface area contributed by atoms with Crippen LogP contribution in [0.1, 0.15) is 38.5 Å². The Morgan fingerprint density at radius 3 is 2.50 bits per heavy atom. The largest absolute Gasteiger partial charge is 0.467 e. The molecule has 0 aromatic rings. The van der Waals surface area contributed by atoms with Crippen molar-refractivity contribution in [2.45, 2.75) is 44.6 Å². The molecule has 0 unspecified atom stereocenters. The van der Waals surface area contributed by atoms with E-state index in [-0.39, 0.29) is 12.5 Å². The zero-order valence-corrected chi connectivity index (χ0v) is 11.2. The van der Waals surface area contributed by atoms with Crippen molar-refractivity contribution in [1.29, 1.82) is 0 Å². The molecular weight excluding hydrogens is 234 g/mol. The minimum absolute atomic E-state index is 0.0205. The van der Waals surface area contributed by atoms with Gasteiger partial charge >= 0.3 is 5.97 Å². The Kier molecular flexibility index (Phi) is 6.72. The molecule has 0 aromatic heterocycles. The van der Waals surface area contributed by atoms with E-state index < -0.39 is 12.1 Å². The summed E-state index contributed by atoms with van der Waals surface area (Å²) in [5, 5.41) is 2.71. The van der Waals surface area contributed by atoms with Crippen molar-refractivity contribution in [3.05, 3.63) is 0 Å². The van der Waals surface area contributed by atoms with Gasteiger partial charge in [0.1, 0.15) is 0 Å². The van der Waals surface area contributed by atoms with Gasteiger partial charge in [0.05, 0.1) is 13.7 Å². The summed E-state index contributed by atoms with van der Waals surface area (Å²) in [6.07, 6.45) is 5.84. The van der Waals surface area contributed by atoms with Crippen LogP contribution in [0.4, 0.5) is 0 Å². The predicted octanol–water partition coefficient (Wildman–Crippen LogP) is 1.26. The maximum Gasteiger partial charge on any atom is 0.336 e. The molecule has 0 spiro atoms. The Hall–Kier alpha value is -1.10. The van der Waals surface area contributed by atoms with Crippen LogP contribution in [0.15, 0.2) is 0 Å². The summed E-state index contributed by atoms with van der Waals surface area (Å²) in [5.74, 6) is 0.219. The first-order chi connectivity index (χ1) is 8.67. The van der Waals surface area contributed by atoms with Crippen molar-refractivity contribution < 1.29 is 19.1 Å². The van der Waals surface area contributed by atoms with Gasteiger partial charge in [0.15, 0.2) is 6.10 Å². The minimum atomic E-state index is -0.717. The lowest BCUT2D eigenvalue weighted by Crippen LogP contribution is -2.38. The molecule has 1 aliphatic carbocycles. The first-order valence-corrected chi connectivity index (χ1v) is 6.54. The SMILES string of the molecule is COC(=O)[C@H](CNC(=O)CCC1CCCC1)OC. The van der Waals surface area contributed by atoms with Gasteiger partial charge < -0.3 is 14.8 Å². The van der Waals surface area contributed by atoms with E-state index in [4.69, 9.17) is 4.74 Å². The number of hydrogen-bond acceptors (Lipinski definition) is 4. The molecule has 0 radical (unpaired) electrons. The highest BCUT2D eigenvalue weighted by Crippen LogP contribution is 2.28. The van der Waals surface area contributed by atoms with E-state index in [1.54, 1.807) is 0 Å². The average Bonchev–Trinajstić information content (AvgIpc) is 2.89. The van der Waals surface area contributed by atoms with Crippen LogP contribution in [0.3, 0.4) is 0 Å². The number of hydrogen-bond donors (Lipinski definition) is 1. The zero-order valence-electron chi connectivity index (χ0n) is 11.2. The van der Waals surface area contributed by atoms with E-state index >= 15 is 0 Å². The molecule has 5 nitrogen and oxygen atoms in total. The molecule has 1 saturated carbocycles. The van der Waals surface area contributed by atoms with E-state index in [1.165, 1.54) is 39.9 Å². The maximum atomic E-state index is 11.6. The Balaban J connectivity index is 2.16. The van der Waals surface area contributed by atoms with Gasteiger partial charge in [-0.25, -0.2) is 4.79 Å². The summed E-state index contributed by atoms with van der Waals surface area (Å²) in [7, 11) is 2.72. The number of rotatable bonds is 7. The highest BCUT2D eigenvalue weighted by molar-refractivity contribution is 5.78. The van der Waals surface area contributed by atoms with Crippen molar-refractivity contribution >= 4 is 11.9 Å². The van der Waals surface area contributed by atoms with Crippen LogP contribution >= 0.6 is 0 Å². The van der Waals surface area contributed by atoms with Gasteiger partial charge in [0.25, 0.3) is 0 Å². The number of amides is 1. The molecule has 0 saturated heterocycles. The second-order valence-electron chi connectivity index (χ2n) is 4.74. The van der Waals surface area contributed by atoms with Crippen LogP contribution in [0.2, 0.25) is 0 Å². The van der Waals surface area contributed by atoms with Crippen molar-refractivity contribution in [3.8, 4) is 0 Å². The standard InChI is InChI=1S/C13H23NO4/c1-17-11(13(16)18-2)9-14-12(15)8-7-10-5-3-4-6-10/h10-11H,3-9H2,1-2H3,(H,14,15)/t11-/m0/s1.